The Morgan fingerprint density at radius 2 is 1.48 bits per heavy atom. The molecular weight excluding hydrogens is 382 g/mol. The lowest BCUT2D eigenvalue weighted by Gasteiger charge is -2.26. The second kappa shape index (κ2) is 10.1. The highest BCUT2D eigenvalue weighted by Crippen LogP contribution is 2.27. The largest absolute Gasteiger partial charge is 0.348 e. The van der Waals surface area contributed by atoms with Gasteiger partial charge in [-0.05, 0) is 54.8 Å². The third-order valence-corrected chi connectivity index (χ3v) is 5.84. The predicted molar refractivity (Wildman–Crippen MR) is 123 cm³/mol. The van der Waals surface area contributed by atoms with E-state index in [1.807, 2.05) is 36.4 Å². The molecule has 0 aliphatic carbocycles. The molecule has 156 valence electrons. The number of carbonyl (C=O) groups is 1. The molecule has 1 heterocycles. The minimum atomic E-state index is -0.138. The SMILES string of the molecule is N#Cc1ccccc1-c1ccccc1C(=O)NCc1ccc(CN2CCCCC2)cc1. The lowest BCUT2D eigenvalue weighted by atomic mass is 9.95. The summed E-state index contributed by atoms with van der Waals surface area (Å²) in [5.41, 5.74) is 5.08. The summed E-state index contributed by atoms with van der Waals surface area (Å²) < 4.78 is 0. The normalized spacial score (nSPS) is 14.0. The highest BCUT2D eigenvalue weighted by Gasteiger charge is 2.15. The van der Waals surface area contributed by atoms with Crippen LogP contribution >= 0.6 is 0 Å². The smallest absolute Gasteiger partial charge is 0.252 e. The maximum absolute atomic E-state index is 12.9. The van der Waals surface area contributed by atoms with Crippen LogP contribution in [0, 0.1) is 11.3 Å². The monoisotopic (exact) mass is 409 g/mol. The van der Waals surface area contributed by atoms with Gasteiger partial charge >= 0.3 is 0 Å². The number of carbonyl (C=O) groups excluding carboxylic acids is 1. The molecule has 0 radical (unpaired) electrons. The highest BCUT2D eigenvalue weighted by molar-refractivity contribution is 6.01. The molecule has 1 aliphatic rings. The van der Waals surface area contributed by atoms with Gasteiger partial charge in [-0.15, -0.1) is 0 Å². The van der Waals surface area contributed by atoms with Crippen LogP contribution in [0.3, 0.4) is 0 Å². The number of rotatable bonds is 6. The third kappa shape index (κ3) is 5.20. The molecule has 1 fully saturated rings. The summed E-state index contributed by atoms with van der Waals surface area (Å²) in [4.78, 5) is 15.5. The first-order valence-electron chi connectivity index (χ1n) is 10.9. The van der Waals surface area contributed by atoms with E-state index < -0.39 is 0 Å². The molecule has 1 saturated heterocycles. The Morgan fingerprint density at radius 3 is 2.23 bits per heavy atom. The van der Waals surface area contributed by atoms with Gasteiger partial charge in [-0.2, -0.15) is 5.26 Å². The molecule has 3 aromatic rings. The van der Waals surface area contributed by atoms with Gasteiger partial charge in [0.15, 0.2) is 0 Å². The van der Waals surface area contributed by atoms with Crippen LogP contribution in [0.2, 0.25) is 0 Å². The number of piperidine rings is 1. The Bertz CT molecular complexity index is 1080. The number of hydrogen-bond donors (Lipinski definition) is 1. The number of nitrogens with zero attached hydrogens (tertiary/aromatic N) is 2. The van der Waals surface area contributed by atoms with E-state index in [4.69, 9.17) is 0 Å². The maximum atomic E-state index is 12.9. The second-order valence-corrected chi connectivity index (χ2v) is 8.04. The Morgan fingerprint density at radius 1 is 0.839 bits per heavy atom. The Labute approximate surface area is 184 Å². The fourth-order valence-electron chi connectivity index (χ4n) is 4.15. The van der Waals surface area contributed by atoms with Crippen LogP contribution in [-0.2, 0) is 13.1 Å². The fourth-order valence-corrected chi connectivity index (χ4v) is 4.15. The maximum Gasteiger partial charge on any atom is 0.252 e. The van der Waals surface area contributed by atoms with Crippen molar-refractivity contribution in [1.82, 2.24) is 10.2 Å². The fraction of sp³-hybridized carbons (Fsp3) is 0.259. The zero-order valence-electron chi connectivity index (χ0n) is 17.7. The van der Waals surface area contributed by atoms with Gasteiger partial charge in [-0.25, -0.2) is 0 Å². The van der Waals surface area contributed by atoms with E-state index in [1.54, 1.807) is 12.1 Å². The quantitative estimate of drug-likeness (QED) is 0.613. The molecule has 0 aromatic heterocycles. The van der Waals surface area contributed by atoms with Crippen molar-refractivity contribution >= 4 is 5.91 Å². The minimum absolute atomic E-state index is 0.138. The van der Waals surface area contributed by atoms with Crippen LogP contribution in [0.5, 0.6) is 0 Å². The standard InChI is InChI=1S/C27H27N3O/c28-18-23-8-2-3-9-24(23)25-10-4-5-11-26(25)27(31)29-19-21-12-14-22(15-13-21)20-30-16-6-1-7-17-30/h2-5,8-15H,1,6-7,16-17,19-20H2,(H,29,31). The predicted octanol–water partition coefficient (Wildman–Crippen LogP) is 5.14. The van der Waals surface area contributed by atoms with Crippen LogP contribution in [0.1, 0.15) is 46.3 Å². The van der Waals surface area contributed by atoms with E-state index >= 15 is 0 Å². The Kier molecular flexibility index (Phi) is 6.76. The summed E-state index contributed by atoms with van der Waals surface area (Å²) in [5, 5.41) is 12.5. The molecule has 4 rings (SSSR count). The number of amides is 1. The zero-order valence-corrected chi connectivity index (χ0v) is 17.7. The molecule has 0 spiro atoms. The summed E-state index contributed by atoms with van der Waals surface area (Å²) in [6, 6.07) is 25.5. The topological polar surface area (TPSA) is 56.1 Å². The van der Waals surface area contributed by atoms with Crippen LogP contribution in [0.15, 0.2) is 72.8 Å². The number of hydrogen-bond acceptors (Lipinski definition) is 3. The Hall–Kier alpha value is -3.42. The van der Waals surface area contributed by atoms with Crippen molar-refractivity contribution in [2.45, 2.75) is 32.4 Å². The molecule has 4 heteroatoms. The number of nitrogens with one attached hydrogen (secondary N) is 1. The van der Waals surface area contributed by atoms with Gasteiger partial charge in [-0.1, -0.05) is 67.1 Å². The average Bonchev–Trinajstić information content (AvgIpc) is 2.84. The van der Waals surface area contributed by atoms with Gasteiger partial charge in [0, 0.05) is 24.2 Å². The van der Waals surface area contributed by atoms with E-state index in [-0.39, 0.29) is 5.91 Å². The molecule has 0 bridgehead atoms. The van der Waals surface area contributed by atoms with Crippen molar-refractivity contribution in [2.75, 3.05) is 13.1 Å². The molecule has 1 amide bonds. The van der Waals surface area contributed by atoms with Crippen molar-refractivity contribution in [3.05, 3.63) is 95.1 Å². The number of benzene rings is 3. The summed E-state index contributed by atoms with van der Waals surface area (Å²) >= 11 is 0. The average molecular weight is 410 g/mol. The summed E-state index contributed by atoms with van der Waals surface area (Å²) in [6.45, 7) is 3.84. The molecule has 31 heavy (non-hydrogen) atoms. The molecule has 4 nitrogen and oxygen atoms in total. The van der Waals surface area contributed by atoms with E-state index in [2.05, 4.69) is 40.6 Å². The van der Waals surface area contributed by atoms with Crippen molar-refractivity contribution in [3.63, 3.8) is 0 Å². The number of nitriles is 1. The first-order chi connectivity index (χ1) is 15.2. The Balaban J connectivity index is 1.42. The molecule has 1 N–H and O–H groups in total. The molecule has 0 atom stereocenters. The van der Waals surface area contributed by atoms with Crippen molar-refractivity contribution in [2.24, 2.45) is 0 Å². The van der Waals surface area contributed by atoms with Crippen molar-refractivity contribution < 1.29 is 4.79 Å². The van der Waals surface area contributed by atoms with E-state index in [1.165, 1.54) is 37.9 Å². The van der Waals surface area contributed by atoms with Crippen LogP contribution in [0.4, 0.5) is 0 Å². The lowest BCUT2D eigenvalue weighted by Crippen LogP contribution is -2.29. The zero-order chi connectivity index (χ0) is 21.5. The summed E-state index contributed by atoms with van der Waals surface area (Å²) in [6.07, 6.45) is 3.94. The van der Waals surface area contributed by atoms with Crippen LogP contribution in [-0.4, -0.2) is 23.9 Å². The van der Waals surface area contributed by atoms with Crippen molar-refractivity contribution in [1.29, 1.82) is 5.26 Å². The van der Waals surface area contributed by atoms with Crippen LogP contribution < -0.4 is 5.32 Å². The second-order valence-electron chi connectivity index (χ2n) is 8.04. The first kappa shape index (κ1) is 20.8. The number of likely N-dealkylation sites (tertiary alicyclic amines) is 1. The summed E-state index contributed by atoms with van der Waals surface area (Å²) in [7, 11) is 0. The third-order valence-electron chi connectivity index (χ3n) is 5.84. The molecule has 0 unspecified atom stereocenters. The summed E-state index contributed by atoms with van der Waals surface area (Å²) in [5.74, 6) is -0.138. The van der Waals surface area contributed by atoms with Gasteiger partial charge in [0.2, 0.25) is 0 Å². The highest BCUT2D eigenvalue weighted by atomic mass is 16.1. The molecule has 0 saturated carbocycles. The minimum Gasteiger partial charge on any atom is -0.348 e. The van der Waals surface area contributed by atoms with Gasteiger partial charge in [0.1, 0.15) is 0 Å². The van der Waals surface area contributed by atoms with E-state index in [0.29, 0.717) is 17.7 Å². The lowest BCUT2D eigenvalue weighted by molar-refractivity contribution is 0.0951. The first-order valence-corrected chi connectivity index (χ1v) is 10.9. The molecular formula is C27H27N3O. The molecule has 3 aromatic carbocycles. The van der Waals surface area contributed by atoms with Gasteiger partial charge in [0.25, 0.3) is 5.91 Å². The van der Waals surface area contributed by atoms with Gasteiger partial charge in [-0.3, -0.25) is 9.69 Å². The van der Waals surface area contributed by atoms with Crippen molar-refractivity contribution in [3.8, 4) is 17.2 Å². The molecule has 1 aliphatic heterocycles. The van der Waals surface area contributed by atoms with E-state index in [0.717, 1.165) is 23.2 Å². The van der Waals surface area contributed by atoms with E-state index in [9.17, 15) is 10.1 Å². The van der Waals surface area contributed by atoms with Gasteiger partial charge in [0.05, 0.1) is 11.6 Å². The van der Waals surface area contributed by atoms with Gasteiger partial charge < -0.3 is 5.32 Å². The van der Waals surface area contributed by atoms with Crippen LogP contribution in [0.25, 0.3) is 11.1 Å².